The SMILES string of the molecule is COc1c2cc(C(C)(C)C)cc1C(CC(C)=O)c1cc(C(C)(C)C)cc(c1OC)C(CC(C)=O)c1cc(C(C)(C)C)cc(c1OC)C(CC(C)=O)c1cc(C(C)(C)C)cc(c1OC)C(CC(C)=O)c1cc(C(C)(C)C)cc(c1OC)C2CC(C)=O. The maximum atomic E-state index is 14.3. The lowest BCUT2D eigenvalue weighted by Crippen LogP contribution is -2.22. The van der Waals surface area contributed by atoms with Crippen molar-refractivity contribution in [1.29, 1.82) is 0 Å². The molecule has 5 aromatic carbocycles. The maximum Gasteiger partial charge on any atom is 0.130 e. The summed E-state index contributed by atoms with van der Waals surface area (Å²) in [5, 5.41) is 0. The summed E-state index contributed by atoms with van der Waals surface area (Å²) in [4.78, 5) is 71.4. The van der Waals surface area contributed by atoms with Crippen LogP contribution in [0.4, 0.5) is 0 Å². The average Bonchev–Trinajstić information content (AvgIpc) is 1.16. The first kappa shape index (κ1) is 67.6. The summed E-state index contributed by atoms with van der Waals surface area (Å²) in [5.41, 5.74) is 9.82. The molecule has 85 heavy (non-hydrogen) atoms. The summed E-state index contributed by atoms with van der Waals surface area (Å²) in [5.74, 6) is -1.17. The number of Topliss-reactive ketones (excluding diaryl/α,β-unsaturated/α-hetero) is 5. The Kier molecular flexibility index (Phi) is 20.2. The first-order chi connectivity index (χ1) is 39.2. The molecule has 10 bridgehead atoms. The molecule has 0 N–H and O–H groups in total. The second-order valence-electron chi connectivity index (χ2n) is 29.5. The molecule has 460 valence electrons. The molecule has 10 heteroatoms. The van der Waals surface area contributed by atoms with E-state index in [0.717, 1.165) is 83.5 Å². The highest BCUT2D eigenvalue weighted by atomic mass is 16.5. The molecule has 0 atom stereocenters. The Morgan fingerprint density at radius 1 is 0.259 bits per heavy atom. The largest absolute Gasteiger partial charge is 0.496 e. The van der Waals surface area contributed by atoms with Crippen molar-refractivity contribution in [2.24, 2.45) is 0 Å². The molecule has 6 rings (SSSR count). The van der Waals surface area contributed by atoms with Gasteiger partial charge in [0.05, 0.1) is 35.5 Å². The number of methoxy groups -OCH3 is 5. The topological polar surface area (TPSA) is 132 Å². The van der Waals surface area contributed by atoms with Gasteiger partial charge in [0.1, 0.15) is 57.7 Å². The van der Waals surface area contributed by atoms with Gasteiger partial charge in [0.25, 0.3) is 0 Å². The Hall–Kier alpha value is -6.55. The van der Waals surface area contributed by atoms with E-state index < -0.39 is 56.7 Å². The number of carbonyl (C=O) groups is 5. The van der Waals surface area contributed by atoms with Crippen molar-refractivity contribution in [3.8, 4) is 28.7 Å². The van der Waals surface area contributed by atoms with Crippen LogP contribution in [0.25, 0.3) is 0 Å². The number of hydrogen-bond acceptors (Lipinski definition) is 10. The fourth-order valence-electron chi connectivity index (χ4n) is 12.7. The van der Waals surface area contributed by atoms with Crippen LogP contribution in [-0.4, -0.2) is 64.5 Å². The second kappa shape index (κ2) is 25.4. The lowest BCUT2D eigenvalue weighted by molar-refractivity contribution is -0.118. The summed E-state index contributed by atoms with van der Waals surface area (Å²) in [6.45, 7) is 40.4. The first-order valence-corrected chi connectivity index (χ1v) is 30.3. The summed E-state index contributed by atoms with van der Waals surface area (Å²) in [7, 11) is 8.26. The van der Waals surface area contributed by atoms with Crippen LogP contribution in [0.2, 0.25) is 0 Å². The second-order valence-corrected chi connectivity index (χ2v) is 29.5. The molecule has 0 spiro atoms. The zero-order valence-electron chi connectivity index (χ0n) is 56.3. The molecule has 1 aliphatic rings. The van der Waals surface area contributed by atoms with Gasteiger partial charge in [0.15, 0.2) is 0 Å². The van der Waals surface area contributed by atoms with Crippen molar-refractivity contribution in [1.82, 2.24) is 0 Å². The number of benzene rings is 5. The molecule has 0 amide bonds. The molecule has 0 saturated heterocycles. The average molecular weight is 1160 g/mol. The first-order valence-electron chi connectivity index (χ1n) is 30.3. The van der Waals surface area contributed by atoms with Crippen molar-refractivity contribution in [2.75, 3.05) is 35.5 Å². The van der Waals surface area contributed by atoms with Crippen LogP contribution in [0.1, 0.15) is 284 Å². The summed E-state index contributed by atoms with van der Waals surface area (Å²) < 4.78 is 34.1. The zero-order valence-corrected chi connectivity index (χ0v) is 56.3. The number of fused-ring (bicyclic) bond motifs is 10. The van der Waals surface area contributed by atoms with E-state index in [2.05, 4.69) is 165 Å². The molecule has 1 aliphatic carbocycles. The van der Waals surface area contributed by atoms with Crippen molar-refractivity contribution >= 4 is 28.9 Å². The summed E-state index contributed by atoms with van der Waals surface area (Å²) in [6, 6.07) is 21.6. The van der Waals surface area contributed by atoms with Gasteiger partial charge in [-0.15, -0.1) is 0 Å². The Morgan fingerprint density at radius 3 is 0.435 bits per heavy atom. The van der Waals surface area contributed by atoms with Gasteiger partial charge < -0.3 is 23.7 Å². The molecule has 0 fully saturated rings. The number of ether oxygens (including phenoxy) is 5. The molecule has 0 unspecified atom stereocenters. The molecule has 5 aromatic rings. The molecular weight excluding hydrogens is 1060 g/mol. The highest BCUT2D eigenvalue weighted by Gasteiger charge is 2.40. The van der Waals surface area contributed by atoms with Gasteiger partial charge in [-0.25, -0.2) is 0 Å². The van der Waals surface area contributed by atoms with Crippen LogP contribution in [0.3, 0.4) is 0 Å². The van der Waals surface area contributed by atoms with Crippen LogP contribution in [0.15, 0.2) is 60.7 Å². The minimum atomic E-state index is -0.683. The van der Waals surface area contributed by atoms with Gasteiger partial charge in [0, 0.05) is 117 Å². The summed E-state index contributed by atoms with van der Waals surface area (Å²) in [6.07, 6.45) is 0.263. The molecule has 0 aliphatic heterocycles. The lowest BCUT2D eigenvalue weighted by atomic mass is 9.71. The van der Waals surface area contributed by atoms with E-state index in [1.807, 2.05) is 0 Å². The van der Waals surface area contributed by atoms with E-state index in [4.69, 9.17) is 23.7 Å². The van der Waals surface area contributed by atoms with E-state index in [-0.39, 0.29) is 61.0 Å². The van der Waals surface area contributed by atoms with Gasteiger partial charge in [0.2, 0.25) is 0 Å². The Balaban J connectivity index is 2.14. The Labute approximate surface area is 509 Å². The van der Waals surface area contributed by atoms with E-state index in [9.17, 15) is 24.0 Å². The normalized spacial score (nSPS) is 17.6. The standard InChI is InChI=1S/C75H100O10/c1-41(76)26-51-56-31-46(71(6,7)8)33-58(66(56)81-21)52(27-42(2)77)60-35-48(73(12,13)14)37-62(68(60)83-23)54(29-44(4)79)64-39-50(75(18,19)20)40-65(70(64)85-25)55(30-45(5)80)63-38-49(74(15,16)17)36-61(69(63)84-24)53(28-43(3)78)59-34-47(72(9,10)11)32-57(51)67(59)82-22/h31-40,51-55H,26-30H2,1-25H3. The van der Waals surface area contributed by atoms with Crippen LogP contribution in [0.5, 0.6) is 28.7 Å². The van der Waals surface area contributed by atoms with Crippen molar-refractivity contribution in [2.45, 2.75) is 227 Å². The number of rotatable bonds is 15. The van der Waals surface area contributed by atoms with Crippen LogP contribution >= 0.6 is 0 Å². The quantitative estimate of drug-likeness (QED) is 0.0998. The molecule has 0 aromatic heterocycles. The zero-order chi connectivity index (χ0) is 64.0. The van der Waals surface area contributed by atoms with Gasteiger partial charge in [-0.1, -0.05) is 165 Å². The fourth-order valence-corrected chi connectivity index (χ4v) is 12.7. The monoisotopic (exact) mass is 1160 g/mol. The van der Waals surface area contributed by atoms with Crippen molar-refractivity contribution in [3.63, 3.8) is 0 Å². The molecular formula is C75H100O10. The van der Waals surface area contributed by atoms with E-state index in [0.29, 0.717) is 28.7 Å². The van der Waals surface area contributed by atoms with Gasteiger partial charge in [-0.05, 0) is 89.5 Å². The number of carbonyl (C=O) groups excluding carboxylic acids is 5. The predicted molar refractivity (Wildman–Crippen MR) is 344 cm³/mol. The third-order valence-corrected chi connectivity index (χ3v) is 17.3. The predicted octanol–water partition coefficient (Wildman–Crippen LogP) is 17.1. The fraction of sp³-hybridized carbons (Fsp3) is 0.533. The van der Waals surface area contributed by atoms with Gasteiger partial charge in [-0.3, -0.25) is 24.0 Å². The molecule has 0 saturated carbocycles. The van der Waals surface area contributed by atoms with Crippen LogP contribution < -0.4 is 23.7 Å². The highest BCUT2D eigenvalue weighted by Crippen LogP contribution is 2.56. The van der Waals surface area contributed by atoms with Gasteiger partial charge in [-0.2, -0.15) is 0 Å². The van der Waals surface area contributed by atoms with Crippen LogP contribution in [0, 0.1) is 0 Å². The van der Waals surface area contributed by atoms with Crippen LogP contribution in [-0.2, 0) is 51.0 Å². The smallest absolute Gasteiger partial charge is 0.130 e. The Morgan fingerprint density at radius 2 is 0.365 bits per heavy atom. The molecule has 0 heterocycles. The van der Waals surface area contributed by atoms with Crippen molar-refractivity contribution < 1.29 is 47.7 Å². The van der Waals surface area contributed by atoms with E-state index in [1.165, 1.54) is 0 Å². The lowest BCUT2D eigenvalue weighted by Gasteiger charge is -2.35. The Bertz CT molecular complexity index is 2730. The number of ketones is 5. The molecule has 0 radical (unpaired) electrons. The third kappa shape index (κ3) is 14.7. The summed E-state index contributed by atoms with van der Waals surface area (Å²) >= 11 is 0. The molecule has 10 nitrogen and oxygen atoms in total. The highest BCUT2D eigenvalue weighted by molar-refractivity contribution is 5.82. The van der Waals surface area contributed by atoms with Crippen molar-refractivity contribution in [3.05, 3.63) is 144 Å². The maximum absolute atomic E-state index is 14.3. The van der Waals surface area contributed by atoms with Gasteiger partial charge >= 0.3 is 0 Å². The van der Waals surface area contributed by atoms with E-state index >= 15 is 0 Å². The van der Waals surface area contributed by atoms with E-state index in [1.54, 1.807) is 70.2 Å². The number of hydrogen-bond donors (Lipinski definition) is 0. The third-order valence-electron chi connectivity index (χ3n) is 17.3. The minimum absolute atomic E-state index is 0.0527. The minimum Gasteiger partial charge on any atom is -0.496 e.